The van der Waals surface area contributed by atoms with Crippen LogP contribution in [-0.2, 0) is 9.84 Å². The van der Waals surface area contributed by atoms with Gasteiger partial charge in [0.05, 0.1) is 4.90 Å². The van der Waals surface area contributed by atoms with Crippen LogP contribution in [0.5, 0.6) is 0 Å². The van der Waals surface area contributed by atoms with Crippen LogP contribution in [-0.4, -0.2) is 49.9 Å². The maximum absolute atomic E-state index is 12.9. The Kier molecular flexibility index (Phi) is 4.64. The maximum Gasteiger partial charge on any atom is 0.270 e. The molecule has 4 heterocycles. The first-order chi connectivity index (χ1) is 14.0. The third-order valence-corrected chi connectivity index (χ3v) is 9.07. The molecule has 1 aromatic carbocycles. The number of carbonyl (C=O) groups excluding carboxylic acids is 1. The van der Waals surface area contributed by atoms with Crippen LogP contribution in [0, 0.1) is 5.92 Å². The summed E-state index contributed by atoms with van der Waals surface area (Å²) in [6, 6.07) is 11.8. The van der Waals surface area contributed by atoms with E-state index in [-0.39, 0.29) is 21.1 Å². The molecule has 2 aliphatic heterocycles. The number of amides is 1. The Morgan fingerprint density at radius 1 is 1.17 bits per heavy atom. The van der Waals surface area contributed by atoms with Crippen LogP contribution in [0.15, 0.2) is 57.8 Å². The van der Waals surface area contributed by atoms with Gasteiger partial charge < -0.3 is 10.2 Å². The molecule has 0 radical (unpaired) electrons. The highest BCUT2D eigenvalue weighted by atomic mass is 32.2. The van der Waals surface area contributed by atoms with Gasteiger partial charge in [-0.25, -0.2) is 8.42 Å². The topological polar surface area (TPSA) is 79.4 Å². The van der Waals surface area contributed by atoms with E-state index in [1.165, 1.54) is 17.8 Å². The summed E-state index contributed by atoms with van der Waals surface area (Å²) in [5.41, 5.74) is 0.330. The van der Waals surface area contributed by atoms with Crippen molar-refractivity contribution in [2.45, 2.75) is 28.0 Å². The highest BCUT2D eigenvalue weighted by Gasteiger charge is 2.33. The fourth-order valence-electron chi connectivity index (χ4n) is 4.31. The Morgan fingerprint density at radius 3 is 2.79 bits per heavy atom. The maximum atomic E-state index is 12.9. The number of piperidine rings is 1. The van der Waals surface area contributed by atoms with Gasteiger partial charge >= 0.3 is 0 Å². The van der Waals surface area contributed by atoms with E-state index in [1.54, 1.807) is 48.7 Å². The van der Waals surface area contributed by atoms with Crippen molar-refractivity contribution in [2.24, 2.45) is 5.92 Å². The number of thiophene rings is 1. The molecule has 1 N–H and O–H groups in total. The molecule has 2 saturated heterocycles. The lowest BCUT2D eigenvalue weighted by Crippen LogP contribution is -2.47. The fraction of sp³-hybridized carbons (Fsp3) is 0.333. The summed E-state index contributed by atoms with van der Waals surface area (Å²) in [4.78, 5) is 19.7. The summed E-state index contributed by atoms with van der Waals surface area (Å²) < 4.78 is 26.7. The number of fused-ring (bicyclic) bond motifs is 3. The number of aromatic nitrogens is 1. The van der Waals surface area contributed by atoms with Crippen LogP contribution >= 0.6 is 11.3 Å². The number of rotatable bonds is 4. The number of nitrogens with zero attached hydrogens (tertiary/aromatic N) is 2. The van der Waals surface area contributed by atoms with Crippen LogP contribution in [0.3, 0.4) is 0 Å². The Bertz CT molecular complexity index is 1160. The van der Waals surface area contributed by atoms with Crippen molar-refractivity contribution < 1.29 is 13.2 Å². The van der Waals surface area contributed by atoms with Crippen LogP contribution in [0.2, 0.25) is 0 Å². The molecule has 6 nitrogen and oxygen atoms in total. The number of sulfone groups is 1. The van der Waals surface area contributed by atoms with Crippen LogP contribution in [0.1, 0.15) is 23.3 Å². The van der Waals surface area contributed by atoms with E-state index in [0.29, 0.717) is 11.6 Å². The molecule has 0 aliphatic carbocycles. The van der Waals surface area contributed by atoms with Crippen molar-refractivity contribution in [1.82, 2.24) is 15.2 Å². The smallest absolute Gasteiger partial charge is 0.270 e. The van der Waals surface area contributed by atoms with Gasteiger partial charge in [-0.05, 0) is 49.6 Å². The predicted octanol–water partition coefficient (Wildman–Crippen LogP) is 2.95. The largest absolute Gasteiger partial charge is 0.347 e. The number of carbonyl (C=O) groups is 1. The third-order valence-electron chi connectivity index (χ3n) is 5.73. The molecule has 1 amide bonds. The highest BCUT2D eigenvalue weighted by molar-refractivity contribution is 7.93. The first kappa shape index (κ1) is 18.7. The number of pyridine rings is 1. The third kappa shape index (κ3) is 3.56. The molecule has 29 heavy (non-hydrogen) atoms. The second-order valence-electron chi connectivity index (χ2n) is 7.81. The zero-order chi connectivity index (χ0) is 20.0. The van der Waals surface area contributed by atoms with E-state index in [2.05, 4.69) is 15.2 Å². The molecule has 5 rings (SSSR count). The molecule has 3 aromatic rings. The van der Waals surface area contributed by atoms with E-state index < -0.39 is 9.84 Å². The average Bonchev–Trinajstić information content (AvgIpc) is 3.31. The van der Waals surface area contributed by atoms with Gasteiger partial charge in [-0.2, -0.15) is 0 Å². The van der Waals surface area contributed by atoms with E-state index >= 15 is 0 Å². The standard InChI is InChI=1S/C21H21N3O3S2/c25-21(23-16-8-14-6-7-24(12-14)13-16)18-10-19-15(11-22-18)9-20(28-19)29(26,27)17-4-2-1-3-5-17/h1-5,9-11,14,16H,6-8,12-13H2,(H,23,25)/t14-,16-/m1/s1. The quantitative estimate of drug-likeness (QED) is 0.693. The summed E-state index contributed by atoms with van der Waals surface area (Å²) in [5, 5.41) is 3.83. The van der Waals surface area contributed by atoms with Crippen molar-refractivity contribution in [3.05, 3.63) is 54.4 Å². The van der Waals surface area contributed by atoms with Gasteiger partial charge in [0.1, 0.15) is 9.90 Å². The molecule has 0 spiro atoms. The summed E-state index contributed by atoms with van der Waals surface area (Å²) in [6.07, 6.45) is 3.81. The SMILES string of the molecule is O=C(N[C@@H]1C[C@H]2CCN(C2)C1)c1cc2sc(S(=O)(=O)c3ccccc3)cc2cn1. The molecule has 2 fully saturated rings. The zero-order valence-electron chi connectivity index (χ0n) is 15.7. The lowest BCUT2D eigenvalue weighted by Gasteiger charge is -2.30. The van der Waals surface area contributed by atoms with E-state index in [1.807, 2.05) is 0 Å². The highest BCUT2D eigenvalue weighted by Crippen LogP contribution is 2.33. The second-order valence-corrected chi connectivity index (χ2v) is 11.1. The molecule has 1 unspecified atom stereocenters. The first-order valence-electron chi connectivity index (χ1n) is 9.72. The second kappa shape index (κ2) is 7.19. The van der Waals surface area contributed by atoms with Gasteiger partial charge in [-0.3, -0.25) is 9.78 Å². The lowest BCUT2D eigenvalue weighted by atomic mass is 9.97. The van der Waals surface area contributed by atoms with Crippen molar-refractivity contribution in [3.63, 3.8) is 0 Å². The molecule has 2 bridgehead atoms. The molecular weight excluding hydrogens is 406 g/mol. The minimum Gasteiger partial charge on any atom is -0.347 e. The van der Waals surface area contributed by atoms with Crippen molar-refractivity contribution in [1.29, 1.82) is 0 Å². The van der Waals surface area contributed by atoms with Crippen molar-refractivity contribution in [2.75, 3.05) is 19.6 Å². The van der Waals surface area contributed by atoms with Crippen LogP contribution in [0.4, 0.5) is 0 Å². The molecule has 150 valence electrons. The Balaban J connectivity index is 1.39. The van der Waals surface area contributed by atoms with Gasteiger partial charge in [0.2, 0.25) is 9.84 Å². The van der Waals surface area contributed by atoms with Gasteiger partial charge in [0, 0.05) is 35.4 Å². The van der Waals surface area contributed by atoms with Gasteiger partial charge in [-0.15, -0.1) is 11.3 Å². The molecule has 8 heteroatoms. The van der Waals surface area contributed by atoms with Gasteiger partial charge in [0.15, 0.2) is 0 Å². The molecule has 3 atom stereocenters. The number of nitrogens with one attached hydrogen (secondary N) is 1. The Labute approximate surface area is 173 Å². The summed E-state index contributed by atoms with van der Waals surface area (Å²) in [6.45, 7) is 3.16. The first-order valence-corrected chi connectivity index (χ1v) is 12.0. The Morgan fingerprint density at radius 2 is 2.00 bits per heavy atom. The number of hydrogen-bond acceptors (Lipinski definition) is 6. The molecular formula is C21H21N3O3S2. The van der Waals surface area contributed by atoms with Crippen molar-refractivity contribution >= 4 is 37.2 Å². The Hall–Kier alpha value is -2.29. The monoisotopic (exact) mass is 427 g/mol. The van der Waals surface area contributed by atoms with E-state index in [0.717, 1.165) is 36.1 Å². The minimum atomic E-state index is -3.58. The summed E-state index contributed by atoms with van der Waals surface area (Å²) >= 11 is 1.17. The summed E-state index contributed by atoms with van der Waals surface area (Å²) in [5.74, 6) is 0.479. The normalized spacial score (nSPS) is 23.9. The van der Waals surface area contributed by atoms with Crippen LogP contribution in [0.25, 0.3) is 10.1 Å². The number of hydrogen-bond donors (Lipinski definition) is 1. The van der Waals surface area contributed by atoms with E-state index in [4.69, 9.17) is 0 Å². The predicted molar refractivity (Wildman–Crippen MR) is 112 cm³/mol. The summed E-state index contributed by atoms with van der Waals surface area (Å²) in [7, 11) is -3.58. The van der Waals surface area contributed by atoms with Crippen molar-refractivity contribution in [3.8, 4) is 0 Å². The molecule has 2 aliphatic rings. The molecule has 0 saturated carbocycles. The average molecular weight is 428 g/mol. The zero-order valence-corrected chi connectivity index (χ0v) is 17.4. The molecule has 2 aromatic heterocycles. The van der Waals surface area contributed by atoms with E-state index in [9.17, 15) is 13.2 Å². The fourth-order valence-corrected chi connectivity index (χ4v) is 7.13. The van der Waals surface area contributed by atoms with Crippen LogP contribution < -0.4 is 5.32 Å². The minimum absolute atomic E-state index is 0.151. The number of benzene rings is 1. The lowest BCUT2D eigenvalue weighted by molar-refractivity contribution is 0.0904. The van der Waals surface area contributed by atoms with Gasteiger partial charge in [0.25, 0.3) is 5.91 Å². The van der Waals surface area contributed by atoms with Gasteiger partial charge in [-0.1, -0.05) is 18.2 Å².